The number of hydrogen-bond donors (Lipinski definition) is 1. The third kappa shape index (κ3) is 6.93. The van der Waals surface area contributed by atoms with Gasteiger partial charge >= 0.3 is 5.97 Å². The molecule has 1 N–H and O–H groups in total. The molecule has 126 valence electrons. The maximum absolute atomic E-state index is 11.6. The zero-order chi connectivity index (χ0) is 17.2. The first-order chi connectivity index (χ1) is 11.6. The van der Waals surface area contributed by atoms with Crippen molar-refractivity contribution in [2.75, 3.05) is 18.9 Å². The number of thioether (sulfide) groups is 1. The van der Waals surface area contributed by atoms with E-state index in [-0.39, 0.29) is 12.5 Å². The first kappa shape index (κ1) is 18.2. The van der Waals surface area contributed by atoms with Crippen molar-refractivity contribution in [1.82, 2.24) is 5.32 Å². The van der Waals surface area contributed by atoms with Gasteiger partial charge in [-0.1, -0.05) is 11.6 Å². The van der Waals surface area contributed by atoms with Crippen molar-refractivity contribution in [2.24, 2.45) is 0 Å². The van der Waals surface area contributed by atoms with Crippen LogP contribution in [0.3, 0.4) is 0 Å². The van der Waals surface area contributed by atoms with Crippen molar-refractivity contribution in [2.45, 2.75) is 4.90 Å². The van der Waals surface area contributed by atoms with E-state index in [1.807, 2.05) is 24.3 Å². The van der Waals surface area contributed by atoms with Gasteiger partial charge < -0.3 is 14.5 Å². The molecule has 0 aliphatic rings. The van der Waals surface area contributed by atoms with E-state index in [0.717, 1.165) is 4.90 Å². The number of nitrogens with one attached hydrogen (secondary N) is 1. The van der Waals surface area contributed by atoms with Crippen molar-refractivity contribution in [1.29, 1.82) is 0 Å². The Morgan fingerprint density at radius 2 is 2.04 bits per heavy atom. The van der Waals surface area contributed by atoms with Gasteiger partial charge in [-0.2, -0.15) is 0 Å². The van der Waals surface area contributed by atoms with Crippen LogP contribution in [0.15, 0.2) is 58.1 Å². The predicted molar refractivity (Wildman–Crippen MR) is 93.9 cm³/mol. The molecule has 0 radical (unpaired) electrons. The Hall–Kier alpha value is -2.18. The number of hydrogen-bond acceptors (Lipinski definition) is 5. The van der Waals surface area contributed by atoms with Gasteiger partial charge in [0.2, 0.25) is 0 Å². The van der Waals surface area contributed by atoms with Crippen LogP contribution in [0.4, 0.5) is 0 Å². The van der Waals surface area contributed by atoms with Crippen LogP contribution in [0, 0.1) is 0 Å². The zero-order valence-corrected chi connectivity index (χ0v) is 14.3. The fraction of sp³-hybridized carbons (Fsp3) is 0.176. The molecule has 2 aromatic rings. The minimum absolute atomic E-state index is 0.313. The second-order valence-corrected chi connectivity index (χ2v) is 6.21. The van der Waals surface area contributed by atoms with Crippen LogP contribution in [0.2, 0.25) is 5.02 Å². The highest BCUT2D eigenvalue weighted by atomic mass is 35.5. The summed E-state index contributed by atoms with van der Waals surface area (Å²) in [6, 6.07) is 10.9. The van der Waals surface area contributed by atoms with Gasteiger partial charge in [-0.25, -0.2) is 4.79 Å². The monoisotopic (exact) mass is 365 g/mol. The van der Waals surface area contributed by atoms with Crippen molar-refractivity contribution in [3.05, 3.63) is 59.5 Å². The molecule has 0 fully saturated rings. The first-order valence-electron chi connectivity index (χ1n) is 7.17. The highest BCUT2D eigenvalue weighted by Crippen LogP contribution is 2.19. The zero-order valence-electron chi connectivity index (χ0n) is 12.7. The number of rotatable bonds is 8. The van der Waals surface area contributed by atoms with E-state index < -0.39 is 5.97 Å². The fourth-order valence-corrected chi connectivity index (χ4v) is 2.56. The molecule has 0 aliphatic heterocycles. The van der Waals surface area contributed by atoms with Gasteiger partial charge in [0.15, 0.2) is 6.61 Å². The lowest BCUT2D eigenvalue weighted by molar-refractivity contribution is -0.143. The van der Waals surface area contributed by atoms with Crippen molar-refractivity contribution in [3.8, 4) is 0 Å². The van der Waals surface area contributed by atoms with E-state index >= 15 is 0 Å². The highest BCUT2D eigenvalue weighted by Gasteiger charge is 2.05. The van der Waals surface area contributed by atoms with Gasteiger partial charge in [-0.05, 0) is 42.5 Å². The number of amides is 1. The summed E-state index contributed by atoms with van der Waals surface area (Å²) < 4.78 is 9.86. The topological polar surface area (TPSA) is 68.5 Å². The van der Waals surface area contributed by atoms with Crippen molar-refractivity contribution >= 4 is 41.3 Å². The van der Waals surface area contributed by atoms with Gasteiger partial charge in [-0.3, -0.25) is 4.79 Å². The number of halogens is 1. The van der Waals surface area contributed by atoms with Gasteiger partial charge in [0, 0.05) is 28.3 Å². The quantitative estimate of drug-likeness (QED) is 0.336. The third-order valence-corrected chi connectivity index (χ3v) is 4.04. The normalized spacial score (nSPS) is 10.7. The minimum Gasteiger partial charge on any atom is -0.465 e. The van der Waals surface area contributed by atoms with E-state index in [4.69, 9.17) is 20.8 Å². The Bertz CT molecular complexity index is 683. The average Bonchev–Trinajstić information content (AvgIpc) is 3.10. The summed E-state index contributed by atoms with van der Waals surface area (Å²) in [5.41, 5.74) is 0. The summed E-state index contributed by atoms with van der Waals surface area (Å²) in [5.74, 6) is 0.305. The summed E-state index contributed by atoms with van der Waals surface area (Å²) in [4.78, 5) is 24.1. The largest absolute Gasteiger partial charge is 0.465 e. The molecule has 0 saturated heterocycles. The van der Waals surface area contributed by atoms with Gasteiger partial charge in [0.1, 0.15) is 5.76 Å². The number of carbonyl (C=O) groups excluding carboxylic acids is 2. The van der Waals surface area contributed by atoms with Crippen LogP contribution >= 0.6 is 23.4 Å². The summed E-state index contributed by atoms with van der Waals surface area (Å²) in [7, 11) is 0. The van der Waals surface area contributed by atoms with Crippen molar-refractivity contribution in [3.63, 3.8) is 0 Å². The highest BCUT2D eigenvalue weighted by molar-refractivity contribution is 7.99. The Kier molecular flexibility index (Phi) is 7.45. The van der Waals surface area contributed by atoms with Gasteiger partial charge in [0.05, 0.1) is 6.26 Å². The van der Waals surface area contributed by atoms with E-state index in [0.29, 0.717) is 23.1 Å². The molecule has 0 bridgehead atoms. The molecule has 2 rings (SSSR count). The van der Waals surface area contributed by atoms with E-state index in [2.05, 4.69) is 5.32 Å². The van der Waals surface area contributed by atoms with E-state index in [1.54, 1.807) is 23.9 Å². The lowest BCUT2D eigenvalue weighted by atomic mass is 10.4. The molecule has 1 amide bonds. The number of carbonyl (C=O) groups is 2. The number of ether oxygens (including phenoxy) is 1. The van der Waals surface area contributed by atoms with Crippen LogP contribution in [-0.2, 0) is 14.3 Å². The molecule has 1 aromatic heterocycles. The van der Waals surface area contributed by atoms with Gasteiger partial charge in [0.25, 0.3) is 5.91 Å². The van der Waals surface area contributed by atoms with Gasteiger partial charge in [-0.15, -0.1) is 11.8 Å². The molecular formula is C17H16ClNO4S. The minimum atomic E-state index is -0.600. The second-order valence-electron chi connectivity index (χ2n) is 4.61. The summed E-state index contributed by atoms with van der Waals surface area (Å²) in [6.07, 6.45) is 4.19. The lowest BCUT2D eigenvalue weighted by Gasteiger charge is -2.05. The number of esters is 1. The van der Waals surface area contributed by atoms with Crippen LogP contribution in [0.1, 0.15) is 5.76 Å². The van der Waals surface area contributed by atoms with Crippen LogP contribution in [0.25, 0.3) is 6.08 Å². The number of benzene rings is 1. The third-order valence-electron chi connectivity index (χ3n) is 2.78. The van der Waals surface area contributed by atoms with E-state index in [1.165, 1.54) is 18.4 Å². The smallest absolute Gasteiger partial charge is 0.331 e. The molecule has 0 aliphatic carbocycles. The standard InChI is InChI=1S/C17H16ClNO4S/c18-13-3-6-15(7-4-13)24-11-9-19-16(20)12-23-17(21)8-5-14-2-1-10-22-14/h1-8,10H,9,11-12H2,(H,19,20)/b8-5+. The van der Waals surface area contributed by atoms with Crippen LogP contribution < -0.4 is 5.32 Å². The molecule has 0 saturated carbocycles. The van der Waals surface area contributed by atoms with Crippen LogP contribution in [0.5, 0.6) is 0 Å². The molecule has 24 heavy (non-hydrogen) atoms. The van der Waals surface area contributed by atoms with E-state index in [9.17, 15) is 9.59 Å². The Morgan fingerprint density at radius 3 is 2.75 bits per heavy atom. The molecule has 0 spiro atoms. The maximum atomic E-state index is 11.6. The van der Waals surface area contributed by atoms with Crippen LogP contribution in [-0.4, -0.2) is 30.8 Å². The Balaban J connectivity index is 1.57. The summed E-state index contributed by atoms with van der Waals surface area (Å²) in [5, 5.41) is 3.37. The molecule has 5 nitrogen and oxygen atoms in total. The van der Waals surface area contributed by atoms with Crippen molar-refractivity contribution < 1.29 is 18.7 Å². The summed E-state index contributed by atoms with van der Waals surface area (Å²) >= 11 is 7.41. The molecule has 0 unspecified atom stereocenters. The SMILES string of the molecule is O=C(COC(=O)/C=C/c1ccco1)NCCSc1ccc(Cl)cc1. The summed E-state index contributed by atoms with van der Waals surface area (Å²) in [6.45, 7) is 0.166. The molecule has 7 heteroatoms. The average molecular weight is 366 g/mol. The Morgan fingerprint density at radius 1 is 1.25 bits per heavy atom. The molecule has 1 aromatic carbocycles. The predicted octanol–water partition coefficient (Wildman–Crippen LogP) is 3.40. The number of furan rings is 1. The molecular weight excluding hydrogens is 350 g/mol. The fourth-order valence-electron chi connectivity index (χ4n) is 1.66. The first-order valence-corrected chi connectivity index (χ1v) is 8.53. The Labute approximate surface area is 149 Å². The molecule has 1 heterocycles. The molecule has 0 atom stereocenters. The maximum Gasteiger partial charge on any atom is 0.331 e. The lowest BCUT2D eigenvalue weighted by Crippen LogP contribution is -2.30. The second kappa shape index (κ2) is 9.85.